The first kappa shape index (κ1) is 28.8. The number of aryl methyl sites for hydroxylation is 1. The molecule has 214 valence electrons. The summed E-state index contributed by atoms with van der Waals surface area (Å²) < 4.78 is 3.41. The Morgan fingerprint density at radius 2 is 1.88 bits per heavy atom. The van der Waals surface area contributed by atoms with E-state index in [1.165, 1.54) is 11.2 Å². The van der Waals surface area contributed by atoms with E-state index in [0.29, 0.717) is 56.2 Å². The third kappa shape index (κ3) is 7.07. The molecule has 1 aromatic carbocycles. The van der Waals surface area contributed by atoms with Gasteiger partial charge in [0.1, 0.15) is 24.0 Å². The average molecular weight is 551 g/mol. The van der Waals surface area contributed by atoms with Crippen molar-refractivity contribution in [2.75, 3.05) is 20.1 Å². The highest BCUT2D eigenvalue weighted by Crippen LogP contribution is 2.21. The van der Waals surface area contributed by atoms with Crippen LogP contribution in [0.2, 0.25) is 0 Å². The molecule has 3 amide bonds. The van der Waals surface area contributed by atoms with Gasteiger partial charge in [-0.3, -0.25) is 14.4 Å². The molecule has 0 spiro atoms. The Bertz CT molecular complexity index is 1300. The van der Waals surface area contributed by atoms with E-state index < -0.39 is 6.04 Å². The van der Waals surface area contributed by atoms with Crippen LogP contribution in [0, 0.1) is 12.8 Å². The second-order valence-electron chi connectivity index (χ2n) is 10.7. The van der Waals surface area contributed by atoms with Gasteiger partial charge in [0, 0.05) is 32.1 Å². The molecule has 0 bridgehead atoms. The van der Waals surface area contributed by atoms with E-state index in [4.69, 9.17) is 0 Å². The molecule has 1 aliphatic heterocycles. The molecule has 2 aromatic heterocycles. The first-order valence-electron chi connectivity index (χ1n) is 13.7. The molecule has 13 heteroatoms. The number of benzene rings is 1. The van der Waals surface area contributed by atoms with Gasteiger partial charge in [-0.15, -0.1) is 5.10 Å². The number of hydrogen-bond acceptors (Lipinski definition) is 8. The molecule has 1 aliphatic rings. The summed E-state index contributed by atoms with van der Waals surface area (Å²) in [5.41, 5.74) is 1.52. The smallest absolute Gasteiger partial charge is 0.253 e. The zero-order chi connectivity index (χ0) is 28.8. The van der Waals surface area contributed by atoms with E-state index in [2.05, 4.69) is 44.8 Å². The van der Waals surface area contributed by atoms with Crippen LogP contribution in [0.5, 0.6) is 0 Å². The van der Waals surface area contributed by atoms with Gasteiger partial charge >= 0.3 is 0 Å². The van der Waals surface area contributed by atoms with Gasteiger partial charge in [0.2, 0.25) is 11.8 Å². The Morgan fingerprint density at radius 1 is 1.12 bits per heavy atom. The number of tetrazole rings is 1. The molecule has 0 saturated heterocycles. The lowest BCUT2D eigenvalue weighted by Crippen LogP contribution is -2.47. The number of rotatable bonds is 5. The summed E-state index contributed by atoms with van der Waals surface area (Å²) in [6.07, 6.45) is 2.90. The number of carbonyl (C=O) groups excluding carboxylic acids is 3. The van der Waals surface area contributed by atoms with Gasteiger partial charge in [0.15, 0.2) is 0 Å². The Balaban J connectivity index is 1.59. The Labute approximate surface area is 233 Å². The molecule has 3 heterocycles. The van der Waals surface area contributed by atoms with Crippen LogP contribution in [0.4, 0.5) is 0 Å². The minimum absolute atomic E-state index is 0.124. The molecule has 0 saturated carbocycles. The van der Waals surface area contributed by atoms with E-state index in [1.807, 2.05) is 19.1 Å². The Morgan fingerprint density at radius 3 is 2.55 bits per heavy atom. The van der Waals surface area contributed by atoms with Gasteiger partial charge in [-0.05, 0) is 60.7 Å². The highest BCUT2D eigenvalue weighted by atomic mass is 16.2. The SMILES string of the molecule is Cc1nc2n(n1)CCN(C(=O)c1ccc(Cn3cnnn3)cc1)CCCC(=O)N(C)[C@@H](C)C(=O)N[C@@H]2CC(C)C. The van der Waals surface area contributed by atoms with Crippen molar-refractivity contribution < 1.29 is 14.4 Å². The van der Waals surface area contributed by atoms with Gasteiger partial charge < -0.3 is 15.1 Å². The van der Waals surface area contributed by atoms with Crippen molar-refractivity contribution in [1.82, 2.24) is 50.1 Å². The van der Waals surface area contributed by atoms with Gasteiger partial charge in [0.25, 0.3) is 5.91 Å². The van der Waals surface area contributed by atoms with E-state index >= 15 is 0 Å². The van der Waals surface area contributed by atoms with Gasteiger partial charge in [-0.1, -0.05) is 26.0 Å². The van der Waals surface area contributed by atoms with Crippen LogP contribution < -0.4 is 5.32 Å². The highest BCUT2D eigenvalue weighted by Gasteiger charge is 2.29. The number of carbonyl (C=O) groups is 3. The Hall–Kier alpha value is -4.16. The van der Waals surface area contributed by atoms with E-state index in [-0.39, 0.29) is 36.1 Å². The van der Waals surface area contributed by atoms with Crippen LogP contribution in [0.15, 0.2) is 30.6 Å². The molecule has 40 heavy (non-hydrogen) atoms. The quantitative estimate of drug-likeness (QED) is 0.505. The predicted octanol–water partition coefficient (Wildman–Crippen LogP) is 1.61. The molecule has 2 atom stereocenters. The zero-order valence-corrected chi connectivity index (χ0v) is 23.8. The molecule has 0 aliphatic carbocycles. The summed E-state index contributed by atoms with van der Waals surface area (Å²) in [6, 6.07) is 6.35. The van der Waals surface area contributed by atoms with Crippen LogP contribution in [-0.2, 0) is 22.7 Å². The van der Waals surface area contributed by atoms with E-state index in [9.17, 15) is 14.4 Å². The van der Waals surface area contributed by atoms with Crippen LogP contribution >= 0.6 is 0 Å². The lowest BCUT2D eigenvalue weighted by Gasteiger charge is -2.29. The number of nitrogens with zero attached hydrogens (tertiary/aromatic N) is 9. The third-order valence-electron chi connectivity index (χ3n) is 7.12. The molecule has 4 rings (SSSR count). The summed E-state index contributed by atoms with van der Waals surface area (Å²) in [5, 5.41) is 18.9. The van der Waals surface area contributed by atoms with Crippen molar-refractivity contribution in [1.29, 1.82) is 0 Å². The van der Waals surface area contributed by atoms with Crippen molar-refractivity contribution in [3.8, 4) is 0 Å². The molecule has 0 fully saturated rings. The zero-order valence-electron chi connectivity index (χ0n) is 23.8. The van der Waals surface area contributed by atoms with Gasteiger partial charge in [-0.25, -0.2) is 14.3 Å². The van der Waals surface area contributed by atoms with Crippen LogP contribution in [-0.4, -0.2) is 88.7 Å². The molecular weight excluding hydrogens is 512 g/mol. The lowest BCUT2D eigenvalue weighted by molar-refractivity contribution is -0.138. The maximum atomic E-state index is 13.6. The maximum Gasteiger partial charge on any atom is 0.253 e. The minimum Gasteiger partial charge on any atom is -0.344 e. The first-order valence-corrected chi connectivity index (χ1v) is 13.7. The lowest BCUT2D eigenvalue weighted by atomic mass is 10.0. The Kier molecular flexibility index (Phi) is 9.22. The normalized spacial score (nSPS) is 19.4. The van der Waals surface area contributed by atoms with Crippen LogP contribution in [0.1, 0.15) is 73.6 Å². The largest absolute Gasteiger partial charge is 0.344 e. The van der Waals surface area contributed by atoms with Gasteiger partial charge in [0.05, 0.1) is 19.1 Å². The summed E-state index contributed by atoms with van der Waals surface area (Å²) >= 11 is 0. The van der Waals surface area contributed by atoms with Crippen molar-refractivity contribution >= 4 is 17.7 Å². The molecule has 1 N–H and O–H groups in total. The van der Waals surface area contributed by atoms with E-state index in [0.717, 1.165) is 5.56 Å². The predicted molar refractivity (Wildman–Crippen MR) is 146 cm³/mol. The summed E-state index contributed by atoms with van der Waals surface area (Å²) in [7, 11) is 1.64. The molecule has 0 unspecified atom stereocenters. The fraction of sp³-hybridized carbons (Fsp3) is 0.556. The fourth-order valence-corrected chi connectivity index (χ4v) is 4.78. The topological polar surface area (TPSA) is 144 Å². The number of hydrogen-bond donors (Lipinski definition) is 1. The summed E-state index contributed by atoms with van der Waals surface area (Å²) in [4.78, 5) is 47.6. The van der Waals surface area contributed by atoms with Crippen molar-refractivity contribution in [2.24, 2.45) is 5.92 Å². The molecule has 3 aromatic rings. The maximum absolute atomic E-state index is 13.6. The standard InChI is InChI=1S/C27H38N10O3/c1-18(2)15-23-25-29-20(4)31-37(25)14-13-35(12-6-7-24(38)34(5)19(3)26(39)30-23)27(40)22-10-8-21(9-11-22)16-36-17-28-32-33-36/h8-11,17-19,23H,6-7,12-16H2,1-5H3,(H,30,39)/t19-,23+/m0/s1. The van der Waals surface area contributed by atoms with Gasteiger partial charge in [-0.2, -0.15) is 5.10 Å². The highest BCUT2D eigenvalue weighted by molar-refractivity contribution is 5.94. The number of fused-ring (bicyclic) bond motifs is 1. The van der Waals surface area contributed by atoms with E-state index in [1.54, 1.807) is 40.4 Å². The molecule has 13 nitrogen and oxygen atoms in total. The third-order valence-corrected chi connectivity index (χ3v) is 7.12. The second-order valence-corrected chi connectivity index (χ2v) is 10.7. The molecule has 0 radical (unpaired) electrons. The van der Waals surface area contributed by atoms with Crippen molar-refractivity contribution in [2.45, 2.75) is 72.1 Å². The monoisotopic (exact) mass is 550 g/mol. The van der Waals surface area contributed by atoms with Crippen LogP contribution in [0.25, 0.3) is 0 Å². The number of nitrogens with one attached hydrogen (secondary N) is 1. The number of likely N-dealkylation sites (N-methyl/N-ethyl adjacent to an activating group) is 1. The minimum atomic E-state index is -0.646. The fourth-order valence-electron chi connectivity index (χ4n) is 4.78. The number of amides is 3. The van der Waals surface area contributed by atoms with Crippen molar-refractivity contribution in [3.05, 3.63) is 53.4 Å². The summed E-state index contributed by atoms with van der Waals surface area (Å²) in [5.74, 6) is 1.03. The second kappa shape index (κ2) is 12.8. The average Bonchev–Trinajstić information content (AvgIpc) is 3.57. The number of aromatic nitrogens is 7. The first-order chi connectivity index (χ1) is 19.1. The summed E-state index contributed by atoms with van der Waals surface area (Å²) in [6.45, 7) is 9.39. The van der Waals surface area contributed by atoms with Crippen molar-refractivity contribution in [3.63, 3.8) is 0 Å². The molecular formula is C27H38N10O3. The van der Waals surface area contributed by atoms with Crippen LogP contribution in [0.3, 0.4) is 0 Å².